The van der Waals surface area contributed by atoms with E-state index in [1.54, 1.807) is 0 Å². The minimum Gasteiger partial charge on any atom is -0.312 e. The van der Waals surface area contributed by atoms with E-state index in [2.05, 4.69) is 30.3 Å². The highest BCUT2D eigenvalue weighted by Gasteiger charge is 2.10. The fourth-order valence-electron chi connectivity index (χ4n) is 1.26. The summed E-state index contributed by atoms with van der Waals surface area (Å²) in [4.78, 5) is 1.43. The van der Waals surface area contributed by atoms with Crippen LogP contribution < -0.4 is 5.32 Å². The SMILES string of the molecule is C=CCC(NC)c1sccc1C. The van der Waals surface area contributed by atoms with Gasteiger partial charge >= 0.3 is 0 Å². The zero-order valence-electron chi connectivity index (χ0n) is 7.63. The van der Waals surface area contributed by atoms with Gasteiger partial charge in [-0.3, -0.25) is 0 Å². The molecular weight excluding hydrogens is 166 g/mol. The van der Waals surface area contributed by atoms with Crippen LogP contribution in [0.2, 0.25) is 0 Å². The first-order valence-electron chi connectivity index (χ1n) is 4.11. The predicted octanol–water partition coefficient (Wildman–Crippen LogP) is 2.89. The van der Waals surface area contributed by atoms with Crippen LogP contribution >= 0.6 is 11.3 Å². The number of nitrogens with one attached hydrogen (secondary N) is 1. The molecule has 1 aromatic heterocycles. The van der Waals surface area contributed by atoms with Gasteiger partial charge in [-0.15, -0.1) is 17.9 Å². The molecule has 0 fully saturated rings. The van der Waals surface area contributed by atoms with Crippen LogP contribution in [0.25, 0.3) is 0 Å². The number of aryl methyl sites for hydroxylation is 1. The van der Waals surface area contributed by atoms with Crippen molar-refractivity contribution in [2.75, 3.05) is 7.05 Å². The Morgan fingerprint density at radius 1 is 1.75 bits per heavy atom. The fraction of sp³-hybridized carbons (Fsp3) is 0.400. The van der Waals surface area contributed by atoms with Crippen molar-refractivity contribution in [2.45, 2.75) is 19.4 Å². The van der Waals surface area contributed by atoms with Crippen LogP contribution in [0.4, 0.5) is 0 Å². The molecule has 0 aromatic carbocycles. The van der Waals surface area contributed by atoms with Crippen LogP contribution in [0, 0.1) is 6.92 Å². The molecule has 0 radical (unpaired) electrons. The van der Waals surface area contributed by atoms with Crippen LogP contribution in [0.5, 0.6) is 0 Å². The molecule has 0 saturated heterocycles. The number of thiophene rings is 1. The third-order valence-electron chi connectivity index (χ3n) is 1.97. The van der Waals surface area contributed by atoms with E-state index in [0.29, 0.717) is 6.04 Å². The second-order valence-electron chi connectivity index (χ2n) is 2.83. The topological polar surface area (TPSA) is 12.0 Å². The molecule has 1 N–H and O–H groups in total. The van der Waals surface area contributed by atoms with E-state index in [9.17, 15) is 0 Å². The lowest BCUT2D eigenvalue weighted by Crippen LogP contribution is -2.14. The van der Waals surface area contributed by atoms with E-state index in [1.165, 1.54) is 10.4 Å². The predicted molar refractivity (Wildman–Crippen MR) is 55.7 cm³/mol. The van der Waals surface area contributed by atoms with E-state index >= 15 is 0 Å². The molecule has 1 atom stereocenters. The summed E-state index contributed by atoms with van der Waals surface area (Å²) in [5, 5.41) is 5.42. The monoisotopic (exact) mass is 181 g/mol. The summed E-state index contributed by atoms with van der Waals surface area (Å²) in [7, 11) is 1.99. The quantitative estimate of drug-likeness (QED) is 0.704. The van der Waals surface area contributed by atoms with Crippen molar-refractivity contribution < 1.29 is 0 Å². The summed E-state index contributed by atoms with van der Waals surface area (Å²) in [6.45, 7) is 5.90. The molecule has 1 unspecified atom stereocenters. The van der Waals surface area contributed by atoms with Gasteiger partial charge in [0.15, 0.2) is 0 Å². The van der Waals surface area contributed by atoms with Crippen LogP contribution in [0.1, 0.15) is 22.9 Å². The number of hydrogen-bond acceptors (Lipinski definition) is 2. The van der Waals surface area contributed by atoms with E-state index in [1.807, 2.05) is 24.5 Å². The minimum absolute atomic E-state index is 0.447. The van der Waals surface area contributed by atoms with Gasteiger partial charge in [-0.25, -0.2) is 0 Å². The molecule has 12 heavy (non-hydrogen) atoms. The average Bonchev–Trinajstić information content (AvgIpc) is 2.47. The van der Waals surface area contributed by atoms with Gasteiger partial charge in [0.2, 0.25) is 0 Å². The maximum atomic E-state index is 3.75. The number of hydrogen-bond donors (Lipinski definition) is 1. The van der Waals surface area contributed by atoms with Gasteiger partial charge in [-0.05, 0) is 37.4 Å². The standard InChI is InChI=1S/C10H15NS/c1-4-5-9(11-3)10-8(2)6-7-12-10/h4,6-7,9,11H,1,5H2,2-3H3. The first kappa shape index (κ1) is 9.49. The Morgan fingerprint density at radius 2 is 2.50 bits per heavy atom. The Morgan fingerprint density at radius 3 is 2.92 bits per heavy atom. The summed E-state index contributed by atoms with van der Waals surface area (Å²) in [5.41, 5.74) is 1.38. The van der Waals surface area contributed by atoms with Gasteiger partial charge in [0.25, 0.3) is 0 Å². The molecule has 66 valence electrons. The Kier molecular flexibility index (Phi) is 3.50. The Balaban J connectivity index is 2.78. The molecule has 1 rings (SSSR count). The van der Waals surface area contributed by atoms with Gasteiger partial charge < -0.3 is 5.32 Å². The molecule has 0 bridgehead atoms. The average molecular weight is 181 g/mol. The summed E-state index contributed by atoms with van der Waals surface area (Å²) in [6.07, 6.45) is 2.96. The molecule has 1 nitrogen and oxygen atoms in total. The highest BCUT2D eigenvalue weighted by molar-refractivity contribution is 7.10. The smallest absolute Gasteiger partial charge is 0.0449 e. The minimum atomic E-state index is 0.447. The summed E-state index contributed by atoms with van der Waals surface area (Å²) in [5.74, 6) is 0. The molecule has 0 aliphatic heterocycles. The first-order valence-corrected chi connectivity index (χ1v) is 4.99. The molecule has 2 heteroatoms. The van der Waals surface area contributed by atoms with Gasteiger partial charge in [-0.1, -0.05) is 6.08 Å². The zero-order valence-corrected chi connectivity index (χ0v) is 8.45. The molecule has 1 heterocycles. The number of rotatable bonds is 4. The Labute approximate surface area is 78.1 Å². The van der Waals surface area contributed by atoms with Crippen LogP contribution in [0.3, 0.4) is 0 Å². The third-order valence-corrected chi connectivity index (χ3v) is 3.10. The maximum absolute atomic E-state index is 3.75. The van der Waals surface area contributed by atoms with Gasteiger partial charge in [0.1, 0.15) is 0 Å². The second kappa shape index (κ2) is 4.43. The largest absolute Gasteiger partial charge is 0.312 e. The lowest BCUT2D eigenvalue weighted by Gasteiger charge is -2.12. The van der Waals surface area contributed by atoms with Crippen molar-refractivity contribution in [3.05, 3.63) is 34.5 Å². The van der Waals surface area contributed by atoms with Crippen molar-refractivity contribution in [3.63, 3.8) is 0 Å². The van der Waals surface area contributed by atoms with Crippen molar-refractivity contribution in [1.82, 2.24) is 5.32 Å². The highest BCUT2D eigenvalue weighted by atomic mass is 32.1. The molecule has 0 saturated carbocycles. The van der Waals surface area contributed by atoms with E-state index < -0.39 is 0 Å². The van der Waals surface area contributed by atoms with Crippen LogP contribution in [-0.4, -0.2) is 7.05 Å². The lowest BCUT2D eigenvalue weighted by molar-refractivity contribution is 0.611. The van der Waals surface area contributed by atoms with E-state index in [4.69, 9.17) is 0 Å². The van der Waals surface area contributed by atoms with Gasteiger partial charge in [0.05, 0.1) is 0 Å². The lowest BCUT2D eigenvalue weighted by atomic mass is 10.1. The third kappa shape index (κ3) is 1.96. The Bertz CT molecular complexity index is 252. The van der Waals surface area contributed by atoms with E-state index in [-0.39, 0.29) is 0 Å². The van der Waals surface area contributed by atoms with Gasteiger partial charge in [0, 0.05) is 10.9 Å². The van der Waals surface area contributed by atoms with Gasteiger partial charge in [-0.2, -0.15) is 0 Å². The Hall–Kier alpha value is -0.600. The molecule has 0 aliphatic carbocycles. The zero-order chi connectivity index (χ0) is 8.97. The molecule has 0 aliphatic rings. The molecule has 0 spiro atoms. The van der Waals surface area contributed by atoms with Crippen molar-refractivity contribution in [3.8, 4) is 0 Å². The first-order chi connectivity index (χ1) is 5.79. The second-order valence-corrected chi connectivity index (χ2v) is 3.78. The van der Waals surface area contributed by atoms with Crippen molar-refractivity contribution in [2.24, 2.45) is 0 Å². The highest BCUT2D eigenvalue weighted by Crippen LogP contribution is 2.25. The van der Waals surface area contributed by atoms with E-state index in [0.717, 1.165) is 6.42 Å². The van der Waals surface area contributed by atoms with Crippen LogP contribution in [0.15, 0.2) is 24.1 Å². The fourth-order valence-corrected chi connectivity index (χ4v) is 2.32. The molecular formula is C10H15NS. The summed E-state index contributed by atoms with van der Waals surface area (Å²) >= 11 is 1.81. The molecule has 0 amide bonds. The maximum Gasteiger partial charge on any atom is 0.0449 e. The summed E-state index contributed by atoms with van der Waals surface area (Å²) in [6, 6.07) is 2.61. The van der Waals surface area contributed by atoms with Crippen molar-refractivity contribution in [1.29, 1.82) is 0 Å². The van der Waals surface area contributed by atoms with Crippen molar-refractivity contribution >= 4 is 11.3 Å². The van der Waals surface area contributed by atoms with Crippen LogP contribution in [-0.2, 0) is 0 Å². The summed E-state index contributed by atoms with van der Waals surface area (Å²) < 4.78 is 0. The normalized spacial score (nSPS) is 12.8. The molecule has 1 aromatic rings.